The van der Waals surface area contributed by atoms with Crippen molar-refractivity contribution in [3.8, 4) is 0 Å². The van der Waals surface area contributed by atoms with E-state index in [0.717, 1.165) is 17.5 Å². The Bertz CT molecular complexity index is 831. The van der Waals surface area contributed by atoms with Gasteiger partial charge < -0.3 is 10.2 Å². The highest BCUT2D eigenvalue weighted by Gasteiger charge is 2.28. The topological polar surface area (TPSA) is 49.4 Å². The van der Waals surface area contributed by atoms with E-state index in [1.807, 2.05) is 13.8 Å². The summed E-state index contributed by atoms with van der Waals surface area (Å²) in [6.45, 7) is 9.07. The molecule has 0 saturated carbocycles. The van der Waals surface area contributed by atoms with Crippen LogP contribution in [0.3, 0.4) is 0 Å². The van der Waals surface area contributed by atoms with E-state index in [1.54, 1.807) is 17.0 Å². The minimum atomic E-state index is -0.549. The molecule has 0 radical (unpaired) electrons. The van der Waals surface area contributed by atoms with Crippen LogP contribution >= 0.6 is 0 Å². The Morgan fingerprint density at radius 2 is 1.58 bits per heavy atom. The molecule has 0 heterocycles. The molecule has 0 spiro atoms. The highest BCUT2D eigenvalue weighted by molar-refractivity contribution is 5.87. The van der Waals surface area contributed by atoms with Gasteiger partial charge in [0.15, 0.2) is 0 Å². The van der Waals surface area contributed by atoms with Crippen LogP contribution in [-0.4, -0.2) is 29.3 Å². The fourth-order valence-corrected chi connectivity index (χ4v) is 3.54. The molecular formula is C26H35FN2O2. The van der Waals surface area contributed by atoms with Crippen LogP contribution in [0.5, 0.6) is 0 Å². The van der Waals surface area contributed by atoms with Gasteiger partial charge in [-0.2, -0.15) is 0 Å². The zero-order valence-corrected chi connectivity index (χ0v) is 19.2. The maximum atomic E-state index is 13.3. The molecule has 4 nitrogen and oxygen atoms in total. The normalized spacial score (nSPS) is 11.9. The fourth-order valence-electron chi connectivity index (χ4n) is 3.54. The van der Waals surface area contributed by atoms with Crippen molar-refractivity contribution in [1.29, 1.82) is 0 Å². The van der Waals surface area contributed by atoms with Gasteiger partial charge >= 0.3 is 0 Å². The zero-order valence-electron chi connectivity index (χ0n) is 19.2. The third-order valence-electron chi connectivity index (χ3n) is 5.48. The van der Waals surface area contributed by atoms with Crippen LogP contribution in [-0.2, 0) is 22.6 Å². The minimum absolute atomic E-state index is 0.0734. The maximum absolute atomic E-state index is 13.3. The number of carbonyl (C=O) groups is 2. The summed E-state index contributed by atoms with van der Waals surface area (Å²) in [4.78, 5) is 27.6. The third-order valence-corrected chi connectivity index (χ3v) is 5.48. The Morgan fingerprint density at radius 3 is 2.13 bits per heavy atom. The van der Waals surface area contributed by atoms with Gasteiger partial charge in [0.05, 0.1) is 0 Å². The van der Waals surface area contributed by atoms with Gasteiger partial charge in [0.2, 0.25) is 11.8 Å². The summed E-state index contributed by atoms with van der Waals surface area (Å²) < 4.78 is 13.3. The first-order chi connectivity index (χ1) is 14.8. The Labute approximate surface area is 185 Å². The van der Waals surface area contributed by atoms with Crippen molar-refractivity contribution >= 4 is 11.8 Å². The minimum Gasteiger partial charge on any atom is -0.354 e. The van der Waals surface area contributed by atoms with E-state index in [0.29, 0.717) is 31.7 Å². The summed E-state index contributed by atoms with van der Waals surface area (Å²) >= 11 is 0. The van der Waals surface area contributed by atoms with Gasteiger partial charge in [-0.3, -0.25) is 9.59 Å². The number of aryl methyl sites for hydroxylation is 1. The smallest absolute Gasteiger partial charge is 0.242 e. The molecule has 0 aliphatic heterocycles. The van der Waals surface area contributed by atoms with E-state index in [1.165, 1.54) is 17.7 Å². The summed E-state index contributed by atoms with van der Waals surface area (Å²) in [6.07, 6.45) is 2.29. The fraction of sp³-hybridized carbons (Fsp3) is 0.462. The first kappa shape index (κ1) is 24.6. The summed E-state index contributed by atoms with van der Waals surface area (Å²) in [6, 6.07) is 13.9. The molecule has 31 heavy (non-hydrogen) atoms. The molecule has 0 aromatic heterocycles. The Kier molecular flexibility index (Phi) is 9.70. The summed E-state index contributed by atoms with van der Waals surface area (Å²) in [5, 5.41) is 2.91. The van der Waals surface area contributed by atoms with Crippen molar-refractivity contribution in [2.75, 3.05) is 6.54 Å². The van der Waals surface area contributed by atoms with Crippen LogP contribution < -0.4 is 5.32 Å². The van der Waals surface area contributed by atoms with Gasteiger partial charge in [-0.25, -0.2) is 4.39 Å². The second-order valence-corrected chi connectivity index (χ2v) is 8.26. The predicted molar refractivity (Wildman–Crippen MR) is 123 cm³/mol. The van der Waals surface area contributed by atoms with Crippen LogP contribution in [0.25, 0.3) is 0 Å². The number of halogens is 1. The lowest BCUT2D eigenvalue weighted by molar-refractivity contribution is -0.141. The first-order valence-corrected chi connectivity index (χ1v) is 11.3. The number of nitrogens with zero attached hydrogens (tertiary/aromatic N) is 1. The van der Waals surface area contributed by atoms with E-state index in [-0.39, 0.29) is 24.2 Å². The number of amides is 2. The molecule has 1 N–H and O–H groups in total. The Balaban J connectivity index is 2.15. The van der Waals surface area contributed by atoms with E-state index < -0.39 is 6.04 Å². The highest BCUT2D eigenvalue weighted by atomic mass is 19.1. The largest absolute Gasteiger partial charge is 0.354 e. The van der Waals surface area contributed by atoms with Crippen LogP contribution in [0.15, 0.2) is 48.5 Å². The lowest BCUT2D eigenvalue weighted by Gasteiger charge is -2.30. The lowest BCUT2D eigenvalue weighted by Crippen LogP contribution is -2.49. The first-order valence-electron chi connectivity index (χ1n) is 11.3. The number of hydrogen-bond acceptors (Lipinski definition) is 2. The summed E-state index contributed by atoms with van der Waals surface area (Å²) in [5.41, 5.74) is 3.17. The molecule has 5 heteroatoms. The molecule has 2 rings (SSSR count). The molecule has 2 aromatic rings. The van der Waals surface area contributed by atoms with Gasteiger partial charge in [-0.1, -0.05) is 64.1 Å². The number of benzene rings is 2. The standard InChI is InChI=1S/C26H35FN2O2/c1-5-17-28-26(31)24(6-2)29(18-21-9-14-23(27)15-10-21)25(30)16-11-20-7-12-22(13-8-20)19(3)4/h7-10,12-15,19,24H,5-6,11,16-18H2,1-4H3,(H,28,31). The number of hydrogen-bond donors (Lipinski definition) is 1. The maximum Gasteiger partial charge on any atom is 0.242 e. The molecule has 2 amide bonds. The second kappa shape index (κ2) is 12.2. The molecule has 0 bridgehead atoms. The van der Waals surface area contributed by atoms with Crippen LogP contribution in [0.2, 0.25) is 0 Å². The Hall–Kier alpha value is -2.69. The van der Waals surface area contributed by atoms with Gasteiger partial charge in [-0.05, 0) is 54.0 Å². The zero-order chi connectivity index (χ0) is 22.8. The summed E-state index contributed by atoms with van der Waals surface area (Å²) in [5.74, 6) is -0.0649. The SMILES string of the molecule is CCCNC(=O)C(CC)N(Cc1ccc(F)cc1)C(=O)CCc1ccc(C(C)C)cc1. The molecular weight excluding hydrogens is 391 g/mol. The molecule has 1 unspecified atom stereocenters. The average molecular weight is 427 g/mol. The summed E-state index contributed by atoms with van der Waals surface area (Å²) in [7, 11) is 0. The van der Waals surface area contributed by atoms with E-state index in [2.05, 4.69) is 43.4 Å². The Morgan fingerprint density at radius 1 is 0.968 bits per heavy atom. The van der Waals surface area contributed by atoms with E-state index in [9.17, 15) is 14.0 Å². The average Bonchev–Trinajstić information content (AvgIpc) is 2.77. The van der Waals surface area contributed by atoms with Crippen LogP contribution in [0.4, 0.5) is 4.39 Å². The van der Waals surface area contributed by atoms with Gasteiger partial charge in [0.1, 0.15) is 11.9 Å². The van der Waals surface area contributed by atoms with Crippen molar-refractivity contribution in [1.82, 2.24) is 10.2 Å². The van der Waals surface area contributed by atoms with Gasteiger partial charge in [0, 0.05) is 19.5 Å². The van der Waals surface area contributed by atoms with Crippen LogP contribution in [0, 0.1) is 5.82 Å². The molecule has 0 aliphatic carbocycles. The second-order valence-electron chi connectivity index (χ2n) is 8.26. The van der Waals surface area contributed by atoms with Crippen LogP contribution in [0.1, 0.15) is 69.6 Å². The van der Waals surface area contributed by atoms with E-state index in [4.69, 9.17) is 0 Å². The predicted octanol–water partition coefficient (Wildman–Crippen LogP) is 5.22. The number of nitrogens with one attached hydrogen (secondary N) is 1. The monoisotopic (exact) mass is 426 g/mol. The van der Waals surface area contributed by atoms with Crippen molar-refractivity contribution in [3.63, 3.8) is 0 Å². The lowest BCUT2D eigenvalue weighted by atomic mass is 10.00. The number of rotatable bonds is 11. The molecule has 0 fully saturated rings. The van der Waals surface area contributed by atoms with Crippen molar-refractivity contribution in [2.45, 2.75) is 71.9 Å². The molecule has 168 valence electrons. The van der Waals surface area contributed by atoms with Gasteiger partial charge in [0.25, 0.3) is 0 Å². The van der Waals surface area contributed by atoms with Crippen molar-refractivity contribution < 1.29 is 14.0 Å². The van der Waals surface area contributed by atoms with Crippen molar-refractivity contribution in [2.24, 2.45) is 0 Å². The molecule has 2 aromatic carbocycles. The highest BCUT2D eigenvalue weighted by Crippen LogP contribution is 2.18. The quantitative estimate of drug-likeness (QED) is 0.536. The van der Waals surface area contributed by atoms with Gasteiger partial charge in [-0.15, -0.1) is 0 Å². The van der Waals surface area contributed by atoms with E-state index >= 15 is 0 Å². The molecule has 0 saturated heterocycles. The molecule has 1 atom stereocenters. The molecule has 0 aliphatic rings. The van der Waals surface area contributed by atoms with Crippen molar-refractivity contribution in [3.05, 3.63) is 71.0 Å². The third kappa shape index (κ3) is 7.50. The number of carbonyl (C=O) groups excluding carboxylic acids is 2.